The molecule has 7 heteroatoms. The number of fused-ring (bicyclic) bond motifs is 1. The third-order valence-corrected chi connectivity index (χ3v) is 6.05. The number of halogens is 1. The Hall–Kier alpha value is -2.44. The third-order valence-electron chi connectivity index (χ3n) is 6.05. The average molecular weight is 387 g/mol. The number of hydrogen-bond donors (Lipinski definition) is 0. The average Bonchev–Trinajstić information content (AvgIpc) is 3.34. The molecule has 6 nitrogen and oxygen atoms in total. The highest BCUT2D eigenvalue weighted by Crippen LogP contribution is 2.49. The van der Waals surface area contributed by atoms with E-state index in [0.29, 0.717) is 36.4 Å². The van der Waals surface area contributed by atoms with Crippen molar-refractivity contribution in [2.75, 3.05) is 20.2 Å². The van der Waals surface area contributed by atoms with Gasteiger partial charge in [-0.15, -0.1) is 0 Å². The summed E-state index contributed by atoms with van der Waals surface area (Å²) in [6.07, 6.45) is 3.83. The molecule has 1 saturated heterocycles. The van der Waals surface area contributed by atoms with E-state index in [1.165, 1.54) is 19.2 Å². The van der Waals surface area contributed by atoms with E-state index in [1.807, 2.05) is 4.90 Å². The Morgan fingerprint density at radius 3 is 3.00 bits per heavy atom. The molecule has 1 aliphatic carbocycles. The van der Waals surface area contributed by atoms with Gasteiger partial charge in [0.05, 0.1) is 12.5 Å². The molecule has 0 N–H and O–H groups in total. The summed E-state index contributed by atoms with van der Waals surface area (Å²) < 4.78 is 24.5. The predicted molar refractivity (Wildman–Crippen MR) is 101 cm³/mol. The molecule has 4 rings (SSSR count). The number of likely N-dealkylation sites (tertiary alicyclic amines) is 1. The minimum absolute atomic E-state index is 0.135. The van der Waals surface area contributed by atoms with Crippen molar-refractivity contribution in [1.29, 1.82) is 0 Å². The molecule has 2 aromatic rings. The first kappa shape index (κ1) is 18.9. The van der Waals surface area contributed by atoms with Crippen LogP contribution in [0.25, 0.3) is 0 Å². The van der Waals surface area contributed by atoms with E-state index in [-0.39, 0.29) is 17.1 Å². The fraction of sp³-hybridized carbons (Fsp3) is 0.571. The van der Waals surface area contributed by atoms with E-state index >= 15 is 0 Å². The van der Waals surface area contributed by atoms with Gasteiger partial charge < -0.3 is 14.2 Å². The Morgan fingerprint density at radius 1 is 1.46 bits per heavy atom. The molecular formula is C21H26FN3O3. The number of aromatic nitrogens is 2. The first-order chi connectivity index (χ1) is 13.4. The zero-order valence-electron chi connectivity index (χ0n) is 16.6. The molecule has 0 bridgehead atoms. The molecule has 2 atom stereocenters. The monoisotopic (exact) mass is 387 g/mol. The Morgan fingerprint density at radius 2 is 2.29 bits per heavy atom. The number of carbonyl (C=O) groups is 1. The maximum atomic E-state index is 14.0. The van der Waals surface area contributed by atoms with Crippen LogP contribution in [0.2, 0.25) is 0 Å². The van der Waals surface area contributed by atoms with Crippen molar-refractivity contribution < 1.29 is 18.4 Å². The van der Waals surface area contributed by atoms with Crippen LogP contribution in [-0.4, -0.2) is 41.1 Å². The lowest BCUT2D eigenvalue weighted by Gasteiger charge is -2.24. The molecule has 1 aromatic carbocycles. The van der Waals surface area contributed by atoms with Gasteiger partial charge in [-0.2, -0.15) is 4.98 Å². The summed E-state index contributed by atoms with van der Waals surface area (Å²) >= 11 is 0. The van der Waals surface area contributed by atoms with Crippen LogP contribution in [0, 0.1) is 17.7 Å². The summed E-state index contributed by atoms with van der Waals surface area (Å²) in [6, 6.07) is 4.35. The van der Waals surface area contributed by atoms with Crippen molar-refractivity contribution in [3.05, 3.63) is 41.3 Å². The Bertz CT molecular complexity index is 882. The number of rotatable bonds is 5. The Labute approximate surface area is 164 Å². The SMILES string of the molecule is COc1ccc(C(=O)N2C[C@H]3CCC[C@@]3(c3noc(CC(C)C)n3)C2)cc1F. The normalized spacial score (nSPS) is 24.0. The molecule has 2 fully saturated rings. The summed E-state index contributed by atoms with van der Waals surface area (Å²) in [6.45, 7) is 5.42. The van der Waals surface area contributed by atoms with Gasteiger partial charge in [0.15, 0.2) is 17.4 Å². The number of hydrogen-bond acceptors (Lipinski definition) is 5. The van der Waals surface area contributed by atoms with E-state index in [1.54, 1.807) is 6.07 Å². The van der Waals surface area contributed by atoms with E-state index in [4.69, 9.17) is 9.26 Å². The molecule has 0 unspecified atom stereocenters. The van der Waals surface area contributed by atoms with Gasteiger partial charge in [-0.3, -0.25) is 4.79 Å². The number of methoxy groups -OCH3 is 1. The topological polar surface area (TPSA) is 68.5 Å². The molecule has 0 radical (unpaired) electrons. The van der Waals surface area contributed by atoms with Crippen molar-refractivity contribution in [2.24, 2.45) is 11.8 Å². The van der Waals surface area contributed by atoms with E-state index < -0.39 is 5.82 Å². The molecule has 2 aliphatic rings. The van der Waals surface area contributed by atoms with Crippen LogP contribution in [0.3, 0.4) is 0 Å². The number of nitrogens with zero attached hydrogens (tertiary/aromatic N) is 3. The van der Waals surface area contributed by atoms with Gasteiger partial charge in [-0.1, -0.05) is 25.4 Å². The van der Waals surface area contributed by atoms with Crippen molar-refractivity contribution in [2.45, 2.75) is 44.9 Å². The Balaban J connectivity index is 1.57. The minimum Gasteiger partial charge on any atom is -0.494 e. The molecule has 1 saturated carbocycles. The standard InChI is InChI=1S/C21H26FN3O3/c1-13(2)9-18-23-20(24-28-18)21-8-4-5-15(21)11-25(12-21)19(26)14-6-7-17(27-3)16(22)10-14/h6-7,10,13,15H,4-5,8-9,11-12H2,1-3H3/t15-,21-/m1/s1. The van der Waals surface area contributed by atoms with Gasteiger partial charge in [0, 0.05) is 25.1 Å². The van der Waals surface area contributed by atoms with Crippen LogP contribution in [-0.2, 0) is 11.8 Å². The van der Waals surface area contributed by atoms with E-state index in [2.05, 4.69) is 24.0 Å². The molecule has 150 valence electrons. The zero-order chi connectivity index (χ0) is 19.9. The van der Waals surface area contributed by atoms with Crippen LogP contribution in [0.1, 0.15) is 55.2 Å². The van der Waals surface area contributed by atoms with Crippen LogP contribution in [0.15, 0.2) is 22.7 Å². The van der Waals surface area contributed by atoms with E-state index in [9.17, 15) is 9.18 Å². The van der Waals surface area contributed by atoms with Crippen molar-refractivity contribution in [3.8, 4) is 5.75 Å². The second-order valence-electron chi connectivity index (χ2n) is 8.39. The van der Waals surface area contributed by atoms with Crippen molar-refractivity contribution in [3.63, 3.8) is 0 Å². The first-order valence-electron chi connectivity index (χ1n) is 9.89. The number of carbonyl (C=O) groups excluding carboxylic acids is 1. The number of ether oxygens (including phenoxy) is 1. The highest BCUT2D eigenvalue weighted by atomic mass is 19.1. The van der Waals surface area contributed by atoms with Gasteiger partial charge >= 0.3 is 0 Å². The van der Waals surface area contributed by atoms with Crippen LogP contribution >= 0.6 is 0 Å². The Kier molecular flexibility index (Phi) is 4.85. The van der Waals surface area contributed by atoms with Gasteiger partial charge in [0.2, 0.25) is 5.89 Å². The predicted octanol–water partition coefficient (Wildman–Crippen LogP) is 3.61. The molecule has 1 aliphatic heterocycles. The second-order valence-corrected chi connectivity index (χ2v) is 8.39. The van der Waals surface area contributed by atoms with Crippen molar-refractivity contribution >= 4 is 5.91 Å². The van der Waals surface area contributed by atoms with Gasteiger partial charge in [0.1, 0.15) is 0 Å². The quantitative estimate of drug-likeness (QED) is 0.784. The zero-order valence-corrected chi connectivity index (χ0v) is 16.6. The molecule has 28 heavy (non-hydrogen) atoms. The largest absolute Gasteiger partial charge is 0.494 e. The summed E-state index contributed by atoms with van der Waals surface area (Å²) in [5.41, 5.74) is 0.0846. The van der Waals surface area contributed by atoms with Crippen LogP contribution in [0.5, 0.6) is 5.75 Å². The van der Waals surface area contributed by atoms with E-state index in [0.717, 1.165) is 31.5 Å². The molecule has 2 heterocycles. The third kappa shape index (κ3) is 3.16. The lowest BCUT2D eigenvalue weighted by atomic mass is 9.80. The summed E-state index contributed by atoms with van der Waals surface area (Å²) in [5, 5.41) is 4.29. The van der Waals surface area contributed by atoms with Crippen LogP contribution < -0.4 is 4.74 Å². The lowest BCUT2D eigenvalue weighted by molar-refractivity contribution is 0.0776. The van der Waals surface area contributed by atoms with Gasteiger partial charge in [0.25, 0.3) is 5.91 Å². The highest BCUT2D eigenvalue weighted by Gasteiger charge is 2.54. The molecular weight excluding hydrogens is 361 g/mol. The summed E-state index contributed by atoms with van der Waals surface area (Å²) in [7, 11) is 1.41. The van der Waals surface area contributed by atoms with Gasteiger partial charge in [-0.25, -0.2) is 4.39 Å². The first-order valence-corrected chi connectivity index (χ1v) is 9.89. The molecule has 1 amide bonds. The molecule has 1 aromatic heterocycles. The number of benzene rings is 1. The smallest absolute Gasteiger partial charge is 0.254 e. The second kappa shape index (κ2) is 7.18. The fourth-order valence-electron chi connectivity index (χ4n) is 4.68. The maximum Gasteiger partial charge on any atom is 0.254 e. The maximum absolute atomic E-state index is 14.0. The summed E-state index contributed by atoms with van der Waals surface area (Å²) in [5.74, 6) is 1.57. The lowest BCUT2D eigenvalue weighted by Crippen LogP contribution is -2.35. The number of amides is 1. The fourth-order valence-corrected chi connectivity index (χ4v) is 4.68. The van der Waals surface area contributed by atoms with Crippen molar-refractivity contribution in [1.82, 2.24) is 15.0 Å². The molecule has 0 spiro atoms. The highest BCUT2D eigenvalue weighted by molar-refractivity contribution is 5.94. The summed E-state index contributed by atoms with van der Waals surface area (Å²) in [4.78, 5) is 19.5. The minimum atomic E-state index is -0.529. The van der Waals surface area contributed by atoms with Crippen LogP contribution in [0.4, 0.5) is 4.39 Å². The van der Waals surface area contributed by atoms with Gasteiger partial charge in [-0.05, 0) is 42.9 Å².